The molecule has 0 aliphatic rings. The van der Waals surface area contributed by atoms with Crippen molar-refractivity contribution in [2.24, 2.45) is 0 Å². The maximum Gasteiger partial charge on any atom is 0.257 e. The number of nitrogens with zero attached hydrogens (tertiary/aromatic N) is 1. The lowest BCUT2D eigenvalue weighted by atomic mass is 9.92. The van der Waals surface area contributed by atoms with Gasteiger partial charge in [0, 0.05) is 0 Å². The molecule has 1 aromatic heterocycles. The van der Waals surface area contributed by atoms with Crippen LogP contribution in [0.1, 0.15) is 187 Å². The summed E-state index contributed by atoms with van der Waals surface area (Å²) in [6, 6.07) is 0.623. The lowest BCUT2D eigenvalue weighted by Gasteiger charge is -2.17. The van der Waals surface area contributed by atoms with Gasteiger partial charge in [-0.2, -0.15) is 0 Å². The number of imidazole rings is 1. The highest BCUT2D eigenvalue weighted by atomic mass is 15.1. The highest BCUT2D eigenvalue weighted by Crippen LogP contribution is 2.27. The minimum absolute atomic E-state index is 0.623. The number of nitrogens with one attached hydrogen (secondary N) is 1. The molecule has 1 rings (SSSR count). The van der Waals surface area contributed by atoms with Crippen LogP contribution >= 0.6 is 0 Å². The first-order chi connectivity index (χ1) is 16.2. The number of H-pyrrole nitrogens is 1. The Morgan fingerprint density at radius 1 is 0.576 bits per heavy atom. The summed E-state index contributed by atoms with van der Waals surface area (Å²) >= 11 is 0. The van der Waals surface area contributed by atoms with E-state index in [4.69, 9.17) is 0 Å². The molecular formula is C31H61N2+. The monoisotopic (exact) mass is 461 g/mol. The lowest BCUT2D eigenvalue weighted by molar-refractivity contribution is -0.727. The van der Waals surface area contributed by atoms with Gasteiger partial charge in [0.2, 0.25) is 0 Å². The van der Waals surface area contributed by atoms with Crippen LogP contribution in [-0.4, -0.2) is 4.98 Å². The van der Waals surface area contributed by atoms with Gasteiger partial charge in [-0.15, -0.1) is 0 Å². The summed E-state index contributed by atoms with van der Waals surface area (Å²) in [5, 5.41) is 0. The molecular weight excluding hydrogens is 400 g/mol. The van der Waals surface area contributed by atoms with Gasteiger partial charge in [-0.3, -0.25) is 0 Å². The molecule has 0 spiro atoms. The van der Waals surface area contributed by atoms with Crippen molar-refractivity contribution in [1.29, 1.82) is 0 Å². The molecule has 33 heavy (non-hydrogen) atoms. The van der Waals surface area contributed by atoms with E-state index < -0.39 is 0 Å². The van der Waals surface area contributed by atoms with Gasteiger partial charge in [0.25, 0.3) is 5.82 Å². The fraction of sp³-hybridized carbons (Fsp3) is 0.903. The van der Waals surface area contributed by atoms with Crippen LogP contribution in [0.2, 0.25) is 0 Å². The smallest absolute Gasteiger partial charge is 0.247 e. The zero-order chi connectivity index (χ0) is 24.0. The second-order valence-corrected chi connectivity index (χ2v) is 10.8. The summed E-state index contributed by atoms with van der Waals surface area (Å²) < 4.78 is 2.60. The van der Waals surface area contributed by atoms with Crippen molar-refractivity contribution in [2.45, 2.75) is 181 Å². The Bertz CT molecular complexity index is 521. The van der Waals surface area contributed by atoms with Gasteiger partial charge in [-0.05, 0) is 32.6 Å². The summed E-state index contributed by atoms with van der Waals surface area (Å²) in [4.78, 5) is 3.70. The molecule has 0 aliphatic heterocycles. The molecule has 1 heterocycles. The van der Waals surface area contributed by atoms with Crippen molar-refractivity contribution in [1.82, 2.24) is 4.98 Å². The maximum absolute atomic E-state index is 3.70. The number of aromatic nitrogens is 2. The zero-order valence-electron chi connectivity index (χ0n) is 23.3. The molecule has 0 bridgehead atoms. The van der Waals surface area contributed by atoms with Crippen LogP contribution < -0.4 is 4.57 Å². The van der Waals surface area contributed by atoms with Crippen molar-refractivity contribution in [3.63, 3.8) is 0 Å². The summed E-state index contributed by atoms with van der Waals surface area (Å²) in [6.07, 6.45) is 35.3. The minimum atomic E-state index is 0.623. The molecule has 2 unspecified atom stereocenters. The Morgan fingerprint density at radius 3 is 1.45 bits per heavy atom. The van der Waals surface area contributed by atoms with Crippen LogP contribution in [0, 0.1) is 0 Å². The molecule has 194 valence electrons. The van der Waals surface area contributed by atoms with Crippen molar-refractivity contribution in [2.75, 3.05) is 0 Å². The Kier molecular flexibility index (Phi) is 19.9. The Morgan fingerprint density at radius 2 is 0.970 bits per heavy atom. The standard InChI is InChI=1S/C31H60N2/c1-5-8-11-14-16-18-20-23-26-30(25-22-19-17-15-12-9-6-2)31-32-27-28-33(31)29(4)24-21-13-10-7-3/h27-30H,5-26H2,1-4H3/p+1. The van der Waals surface area contributed by atoms with E-state index in [9.17, 15) is 0 Å². The molecule has 0 aromatic carbocycles. The highest BCUT2D eigenvalue weighted by Gasteiger charge is 2.25. The third kappa shape index (κ3) is 14.9. The van der Waals surface area contributed by atoms with Crippen LogP contribution in [0.5, 0.6) is 0 Å². The second kappa shape index (κ2) is 21.7. The number of aromatic amines is 1. The highest BCUT2D eigenvalue weighted by molar-refractivity contribution is 4.90. The fourth-order valence-electron chi connectivity index (χ4n) is 5.37. The van der Waals surface area contributed by atoms with Gasteiger partial charge in [0.05, 0.1) is 12.0 Å². The van der Waals surface area contributed by atoms with E-state index in [0.29, 0.717) is 12.0 Å². The van der Waals surface area contributed by atoms with Gasteiger partial charge < -0.3 is 0 Å². The minimum Gasteiger partial charge on any atom is -0.247 e. The molecule has 0 aliphatic carbocycles. The van der Waals surface area contributed by atoms with Gasteiger partial charge in [0.1, 0.15) is 12.4 Å². The first-order valence-corrected chi connectivity index (χ1v) is 15.3. The molecule has 0 radical (unpaired) electrons. The van der Waals surface area contributed by atoms with Gasteiger partial charge >= 0.3 is 0 Å². The summed E-state index contributed by atoms with van der Waals surface area (Å²) in [5.41, 5.74) is 0. The number of hydrogen-bond donors (Lipinski definition) is 1. The van der Waals surface area contributed by atoms with E-state index in [1.165, 1.54) is 147 Å². The topological polar surface area (TPSA) is 19.7 Å². The summed E-state index contributed by atoms with van der Waals surface area (Å²) in [7, 11) is 0. The number of unbranched alkanes of at least 4 members (excludes halogenated alkanes) is 16. The van der Waals surface area contributed by atoms with E-state index in [0.717, 1.165) is 0 Å². The normalized spacial score (nSPS) is 13.5. The van der Waals surface area contributed by atoms with Gasteiger partial charge in [-0.25, -0.2) is 9.55 Å². The second-order valence-electron chi connectivity index (χ2n) is 10.8. The van der Waals surface area contributed by atoms with Crippen LogP contribution in [0.4, 0.5) is 0 Å². The van der Waals surface area contributed by atoms with Crippen LogP contribution in [0.25, 0.3) is 0 Å². The Hall–Kier alpha value is -0.790. The average Bonchev–Trinajstić information content (AvgIpc) is 3.31. The first kappa shape index (κ1) is 30.2. The number of hydrogen-bond acceptors (Lipinski definition) is 0. The van der Waals surface area contributed by atoms with Crippen LogP contribution in [-0.2, 0) is 0 Å². The summed E-state index contributed by atoms with van der Waals surface area (Å²) in [6.45, 7) is 9.36. The van der Waals surface area contributed by atoms with Crippen molar-refractivity contribution < 1.29 is 4.57 Å². The lowest BCUT2D eigenvalue weighted by Crippen LogP contribution is -2.41. The van der Waals surface area contributed by atoms with Crippen LogP contribution in [0.15, 0.2) is 12.4 Å². The molecule has 0 saturated heterocycles. The van der Waals surface area contributed by atoms with E-state index >= 15 is 0 Å². The predicted molar refractivity (Wildman–Crippen MR) is 147 cm³/mol. The predicted octanol–water partition coefficient (Wildman–Crippen LogP) is 10.6. The van der Waals surface area contributed by atoms with Crippen molar-refractivity contribution in [3.8, 4) is 0 Å². The average molecular weight is 462 g/mol. The molecule has 2 nitrogen and oxygen atoms in total. The first-order valence-electron chi connectivity index (χ1n) is 15.3. The summed E-state index contributed by atoms with van der Waals surface area (Å²) in [5.74, 6) is 2.24. The van der Waals surface area contributed by atoms with E-state index in [2.05, 4.69) is 49.6 Å². The van der Waals surface area contributed by atoms with E-state index in [1.54, 1.807) is 0 Å². The van der Waals surface area contributed by atoms with Gasteiger partial charge in [-0.1, -0.05) is 136 Å². The van der Waals surface area contributed by atoms with E-state index in [-0.39, 0.29) is 0 Å². The quantitative estimate of drug-likeness (QED) is 0.117. The SMILES string of the molecule is CCCCCCCCCCC(CCCCCCCCC)c1[nH]cc[n+]1C(C)CCCCCC. The van der Waals surface area contributed by atoms with Crippen LogP contribution in [0.3, 0.4) is 0 Å². The molecule has 0 saturated carbocycles. The number of rotatable bonds is 24. The Balaban J connectivity index is 2.52. The third-order valence-electron chi connectivity index (χ3n) is 7.64. The van der Waals surface area contributed by atoms with Crippen molar-refractivity contribution in [3.05, 3.63) is 18.2 Å². The third-order valence-corrected chi connectivity index (χ3v) is 7.64. The molecule has 1 N–H and O–H groups in total. The molecule has 1 aromatic rings. The maximum atomic E-state index is 3.70. The molecule has 2 atom stereocenters. The van der Waals surface area contributed by atoms with E-state index in [1.807, 2.05) is 0 Å². The molecule has 0 amide bonds. The molecule has 2 heteroatoms. The Labute approximate surface area is 208 Å². The largest absolute Gasteiger partial charge is 0.257 e. The zero-order valence-corrected chi connectivity index (χ0v) is 23.3. The van der Waals surface area contributed by atoms with Gasteiger partial charge in [0.15, 0.2) is 0 Å². The molecule has 0 fully saturated rings. The fourth-order valence-corrected chi connectivity index (χ4v) is 5.37. The van der Waals surface area contributed by atoms with Crippen molar-refractivity contribution >= 4 is 0 Å².